The molecule has 1 aliphatic rings. The smallest absolute Gasteiger partial charge is 0.173 e. The second kappa shape index (κ2) is 3.86. The Labute approximate surface area is 94.5 Å². The number of nitrogens with one attached hydrogen (secondary N) is 1. The van der Waals surface area contributed by atoms with Crippen LogP contribution in [-0.4, -0.2) is 30.2 Å². The van der Waals surface area contributed by atoms with Gasteiger partial charge in [-0.1, -0.05) is 0 Å². The Morgan fingerprint density at radius 3 is 2.69 bits per heavy atom. The fourth-order valence-corrected chi connectivity index (χ4v) is 2.70. The molecule has 0 saturated carbocycles. The number of nitrogens with zero attached hydrogens (tertiary/aromatic N) is 2. The van der Waals surface area contributed by atoms with E-state index in [1.165, 1.54) is 5.41 Å². The molecule has 5 nitrogen and oxygen atoms in total. The number of rotatable bonds is 2. The summed E-state index contributed by atoms with van der Waals surface area (Å²) in [5.41, 5.74) is 1.72. The molecule has 2 rings (SSSR count). The summed E-state index contributed by atoms with van der Waals surface area (Å²) in [5, 5.41) is 4.26. The molecule has 1 atom stereocenters. The van der Waals surface area contributed by atoms with Gasteiger partial charge in [0.2, 0.25) is 0 Å². The molecule has 0 radical (unpaired) electrons. The molecular weight excluding hydrogens is 226 g/mol. The second-order valence-electron chi connectivity index (χ2n) is 3.83. The van der Waals surface area contributed by atoms with Crippen molar-refractivity contribution in [3.8, 4) is 0 Å². The van der Waals surface area contributed by atoms with Gasteiger partial charge in [-0.2, -0.15) is 0 Å². The van der Waals surface area contributed by atoms with E-state index in [9.17, 15) is 8.42 Å². The lowest BCUT2D eigenvalue weighted by atomic mass is 10.3. The van der Waals surface area contributed by atoms with Crippen LogP contribution in [0.15, 0.2) is 17.7 Å². The Hall–Kier alpha value is -1.43. The molecule has 1 aromatic heterocycles. The number of hydrogen-bond donors (Lipinski definition) is 1. The van der Waals surface area contributed by atoms with Crippen LogP contribution in [0, 0.1) is 13.8 Å². The molecule has 0 amide bonds. The van der Waals surface area contributed by atoms with Gasteiger partial charge in [0, 0.05) is 5.41 Å². The van der Waals surface area contributed by atoms with E-state index in [0.29, 0.717) is 5.82 Å². The minimum absolute atomic E-state index is 0.0849. The van der Waals surface area contributed by atoms with Crippen LogP contribution in [0.25, 0.3) is 0 Å². The summed E-state index contributed by atoms with van der Waals surface area (Å²) in [5.74, 6) is 0.691. The highest BCUT2D eigenvalue weighted by molar-refractivity contribution is 7.94. The molecule has 6 heteroatoms. The monoisotopic (exact) mass is 239 g/mol. The standard InChI is InChI=1S/C10H13N3O2S/c1-7-8(2)12-10(5-11-7)13-9-3-4-16(14,15)6-9/h3-5,9H,6H2,1-2H3,(H,12,13). The van der Waals surface area contributed by atoms with Gasteiger partial charge < -0.3 is 5.32 Å². The van der Waals surface area contributed by atoms with Crippen LogP contribution < -0.4 is 5.32 Å². The number of aryl methyl sites for hydroxylation is 2. The van der Waals surface area contributed by atoms with Crippen molar-refractivity contribution in [1.29, 1.82) is 0 Å². The maximum absolute atomic E-state index is 11.2. The first kappa shape index (κ1) is 11.1. The zero-order valence-electron chi connectivity index (χ0n) is 9.14. The Morgan fingerprint density at radius 2 is 2.12 bits per heavy atom. The van der Waals surface area contributed by atoms with E-state index in [2.05, 4.69) is 15.3 Å². The molecule has 1 aliphatic heterocycles. The molecule has 1 unspecified atom stereocenters. The van der Waals surface area contributed by atoms with E-state index in [4.69, 9.17) is 0 Å². The summed E-state index contributed by atoms with van der Waals surface area (Å²) in [6, 6.07) is -0.207. The van der Waals surface area contributed by atoms with Gasteiger partial charge in [0.1, 0.15) is 5.82 Å². The highest BCUT2D eigenvalue weighted by Crippen LogP contribution is 2.13. The van der Waals surface area contributed by atoms with Gasteiger partial charge in [-0.3, -0.25) is 4.98 Å². The normalized spacial score (nSPS) is 22.2. The molecule has 16 heavy (non-hydrogen) atoms. The van der Waals surface area contributed by atoms with Crippen LogP contribution in [0.5, 0.6) is 0 Å². The van der Waals surface area contributed by atoms with Gasteiger partial charge in [0.15, 0.2) is 9.84 Å². The topological polar surface area (TPSA) is 72.0 Å². The summed E-state index contributed by atoms with van der Waals surface area (Å²) in [4.78, 5) is 8.44. The summed E-state index contributed by atoms with van der Waals surface area (Å²) < 4.78 is 22.4. The van der Waals surface area contributed by atoms with Crippen molar-refractivity contribution >= 4 is 15.7 Å². The maximum atomic E-state index is 11.2. The summed E-state index contributed by atoms with van der Waals surface area (Å²) in [6.45, 7) is 3.75. The van der Waals surface area contributed by atoms with E-state index >= 15 is 0 Å². The SMILES string of the molecule is Cc1ncc(NC2C=CS(=O)(=O)C2)nc1C. The average molecular weight is 239 g/mol. The minimum atomic E-state index is -3.03. The molecular formula is C10H13N3O2S. The van der Waals surface area contributed by atoms with Gasteiger partial charge in [-0.25, -0.2) is 13.4 Å². The van der Waals surface area contributed by atoms with Gasteiger partial charge in [-0.15, -0.1) is 0 Å². The largest absolute Gasteiger partial charge is 0.362 e. The predicted molar refractivity (Wildman–Crippen MR) is 61.8 cm³/mol. The Bertz CT molecular complexity index is 537. The fraction of sp³-hybridized carbons (Fsp3) is 0.400. The van der Waals surface area contributed by atoms with Crippen molar-refractivity contribution in [1.82, 2.24) is 9.97 Å². The van der Waals surface area contributed by atoms with Crippen molar-refractivity contribution in [2.45, 2.75) is 19.9 Å². The lowest BCUT2D eigenvalue weighted by molar-refractivity contribution is 0.605. The molecule has 1 aromatic rings. The molecule has 86 valence electrons. The van der Waals surface area contributed by atoms with E-state index in [1.807, 2.05) is 13.8 Å². The van der Waals surface area contributed by atoms with Crippen LogP contribution in [0.4, 0.5) is 5.82 Å². The summed E-state index contributed by atoms with van der Waals surface area (Å²) >= 11 is 0. The highest BCUT2D eigenvalue weighted by Gasteiger charge is 2.21. The van der Waals surface area contributed by atoms with Crippen molar-refractivity contribution in [3.05, 3.63) is 29.1 Å². The second-order valence-corrected chi connectivity index (χ2v) is 5.77. The lowest BCUT2D eigenvalue weighted by Gasteiger charge is -2.11. The van der Waals surface area contributed by atoms with Crippen molar-refractivity contribution in [3.63, 3.8) is 0 Å². The highest BCUT2D eigenvalue weighted by atomic mass is 32.2. The van der Waals surface area contributed by atoms with E-state index in [-0.39, 0.29) is 11.8 Å². The third-order valence-electron chi connectivity index (χ3n) is 2.46. The zero-order valence-corrected chi connectivity index (χ0v) is 9.95. The first-order valence-electron chi connectivity index (χ1n) is 4.94. The maximum Gasteiger partial charge on any atom is 0.173 e. The molecule has 0 saturated heterocycles. The molecule has 0 bridgehead atoms. The summed E-state index contributed by atoms with van der Waals surface area (Å²) in [7, 11) is -3.03. The molecule has 0 spiro atoms. The first-order chi connectivity index (χ1) is 7.46. The quantitative estimate of drug-likeness (QED) is 0.827. The number of anilines is 1. The van der Waals surface area contributed by atoms with E-state index < -0.39 is 9.84 Å². The van der Waals surface area contributed by atoms with Gasteiger partial charge in [0.25, 0.3) is 0 Å². The van der Waals surface area contributed by atoms with Crippen molar-refractivity contribution in [2.24, 2.45) is 0 Å². The van der Waals surface area contributed by atoms with Crippen LogP contribution >= 0.6 is 0 Å². The van der Waals surface area contributed by atoms with Crippen LogP contribution in [-0.2, 0) is 9.84 Å². The number of hydrogen-bond acceptors (Lipinski definition) is 5. The Morgan fingerprint density at radius 1 is 1.38 bits per heavy atom. The molecule has 0 aromatic carbocycles. The Balaban J connectivity index is 2.11. The third kappa shape index (κ3) is 2.38. The fourth-order valence-electron chi connectivity index (χ4n) is 1.47. The zero-order chi connectivity index (χ0) is 11.8. The minimum Gasteiger partial charge on any atom is -0.362 e. The molecule has 0 fully saturated rings. The Kier molecular flexibility index (Phi) is 2.67. The van der Waals surface area contributed by atoms with Crippen LogP contribution in [0.2, 0.25) is 0 Å². The molecule has 0 aliphatic carbocycles. The van der Waals surface area contributed by atoms with Gasteiger partial charge in [0.05, 0.1) is 29.4 Å². The lowest BCUT2D eigenvalue weighted by Crippen LogP contribution is -2.21. The first-order valence-corrected chi connectivity index (χ1v) is 6.65. The molecule has 1 N–H and O–H groups in total. The molecule has 2 heterocycles. The van der Waals surface area contributed by atoms with Crippen molar-refractivity contribution < 1.29 is 8.42 Å². The van der Waals surface area contributed by atoms with Crippen molar-refractivity contribution in [2.75, 3.05) is 11.1 Å². The van der Waals surface area contributed by atoms with E-state index in [1.54, 1.807) is 12.3 Å². The van der Waals surface area contributed by atoms with E-state index in [0.717, 1.165) is 11.4 Å². The average Bonchev–Trinajstić information content (AvgIpc) is 2.52. The van der Waals surface area contributed by atoms with Crippen LogP contribution in [0.3, 0.4) is 0 Å². The third-order valence-corrected chi connectivity index (χ3v) is 3.85. The predicted octanol–water partition coefficient (Wildman–Crippen LogP) is 0.816. The number of sulfone groups is 1. The van der Waals surface area contributed by atoms with Gasteiger partial charge in [-0.05, 0) is 19.9 Å². The number of aromatic nitrogens is 2. The van der Waals surface area contributed by atoms with Crippen LogP contribution in [0.1, 0.15) is 11.4 Å². The van der Waals surface area contributed by atoms with Gasteiger partial charge >= 0.3 is 0 Å². The summed E-state index contributed by atoms with van der Waals surface area (Å²) in [6.07, 6.45) is 3.24.